The molecule has 0 bridgehead atoms. The minimum atomic E-state index is 0.0234. The standard InChI is InChI=1S/C21H26N6O2S/c1-15-12-26(13-16(2)29-15)14-20(28)24-7-8-27-21(19-4-3-9-30-19)17(10-25-27)18-11-22-5-6-23-18/h3-6,9-11,15-16H,7-8,12-14H2,1-2H3,(H,24,28). The van der Waals surface area contributed by atoms with Gasteiger partial charge in [0.15, 0.2) is 0 Å². The van der Waals surface area contributed by atoms with Gasteiger partial charge in [0.05, 0.1) is 54.0 Å². The van der Waals surface area contributed by atoms with Crippen LogP contribution in [-0.2, 0) is 16.1 Å². The lowest BCUT2D eigenvalue weighted by molar-refractivity contribution is -0.126. The number of nitrogens with zero attached hydrogens (tertiary/aromatic N) is 5. The molecular formula is C21H26N6O2S. The van der Waals surface area contributed by atoms with Crippen molar-refractivity contribution in [1.82, 2.24) is 30.0 Å². The van der Waals surface area contributed by atoms with Crippen LogP contribution in [0.3, 0.4) is 0 Å². The predicted molar refractivity (Wildman–Crippen MR) is 116 cm³/mol. The average molecular weight is 427 g/mol. The Morgan fingerprint density at radius 3 is 2.80 bits per heavy atom. The Kier molecular flexibility index (Phi) is 6.51. The first-order valence-corrected chi connectivity index (χ1v) is 11.0. The molecule has 1 amide bonds. The van der Waals surface area contributed by atoms with Crippen LogP contribution in [0.5, 0.6) is 0 Å². The van der Waals surface area contributed by atoms with E-state index in [0.29, 0.717) is 19.6 Å². The van der Waals surface area contributed by atoms with Crippen LogP contribution in [0, 0.1) is 0 Å². The molecule has 4 heterocycles. The zero-order chi connectivity index (χ0) is 20.9. The predicted octanol–water partition coefficient (Wildman–Crippen LogP) is 2.29. The molecule has 0 radical (unpaired) electrons. The summed E-state index contributed by atoms with van der Waals surface area (Å²) in [7, 11) is 0. The monoisotopic (exact) mass is 426 g/mol. The van der Waals surface area contributed by atoms with Gasteiger partial charge in [0.2, 0.25) is 5.91 Å². The molecule has 8 nitrogen and oxygen atoms in total. The van der Waals surface area contributed by atoms with Crippen molar-refractivity contribution in [2.24, 2.45) is 0 Å². The number of ether oxygens (including phenoxy) is 1. The van der Waals surface area contributed by atoms with Gasteiger partial charge in [-0.1, -0.05) is 6.07 Å². The zero-order valence-electron chi connectivity index (χ0n) is 17.2. The number of hydrogen-bond donors (Lipinski definition) is 1. The molecule has 0 aliphatic carbocycles. The molecule has 1 aliphatic rings. The number of carbonyl (C=O) groups excluding carboxylic acids is 1. The van der Waals surface area contributed by atoms with Crippen LogP contribution in [0.4, 0.5) is 0 Å². The molecule has 0 aromatic carbocycles. The van der Waals surface area contributed by atoms with Crippen molar-refractivity contribution in [1.29, 1.82) is 0 Å². The molecule has 3 aromatic heterocycles. The summed E-state index contributed by atoms with van der Waals surface area (Å²) in [5.74, 6) is 0.0234. The van der Waals surface area contributed by atoms with Gasteiger partial charge >= 0.3 is 0 Å². The quantitative estimate of drug-likeness (QED) is 0.624. The molecule has 0 saturated carbocycles. The van der Waals surface area contributed by atoms with E-state index in [4.69, 9.17) is 4.74 Å². The largest absolute Gasteiger partial charge is 0.373 e. The minimum absolute atomic E-state index is 0.0234. The van der Waals surface area contributed by atoms with E-state index in [2.05, 4.69) is 31.3 Å². The smallest absolute Gasteiger partial charge is 0.234 e. The lowest BCUT2D eigenvalue weighted by atomic mass is 10.1. The first-order chi connectivity index (χ1) is 14.6. The molecule has 1 saturated heterocycles. The molecule has 1 N–H and O–H groups in total. The van der Waals surface area contributed by atoms with Crippen LogP contribution in [0.2, 0.25) is 0 Å². The van der Waals surface area contributed by atoms with Crippen molar-refractivity contribution in [3.05, 3.63) is 42.3 Å². The summed E-state index contributed by atoms with van der Waals surface area (Å²) in [6.45, 7) is 7.11. The molecule has 2 unspecified atom stereocenters. The van der Waals surface area contributed by atoms with Crippen LogP contribution in [-0.4, -0.2) is 68.9 Å². The molecule has 30 heavy (non-hydrogen) atoms. The summed E-state index contributed by atoms with van der Waals surface area (Å²) in [6, 6.07) is 4.08. The van der Waals surface area contributed by atoms with Crippen molar-refractivity contribution in [2.75, 3.05) is 26.2 Å². The van der Waals surface area contributed by atoms with Crippen molar-refractivity contribution in [2.45, 2.75) is 32.6 Å². The maximum absolute atomic E-state index is 12.4. The van der Waals surface area contributed by atoms with Crippen molar-refractivity contribution >= 4 is 17.2 Å². The Bertz CT molecular complexity index is 949. The summed E-state index contributed by atoms with van der Waals surface area (Å²) in [4.78, 5) is 24.3. The van der Waals surface area contributed by atoms with Gasteiger partial charge in [0.1, 0.15) is 0 Å². The van der Waals surface area contributed by atoms with Crippen LogP contribution < -0.4 is 5.32 Å². The minimum Gasteiger partial charge on any atom is -0.373 e. The highest BCUT2D eigenvalue weighted by Crippen LogP contribution is 2.33. The van der Waals surface area contributed by atoms with E-state index >= 15 is 0 Å². The maximum atomic E-state index is 12.4. The Labute approximate surface area is 179 Å². The van der Waals surface area contributed by atoms with Crippen LogP contribution >= 0.6 is 11.3 Å². The number of aromatic nitrogens is 4. The van der Waals surface area contributed by atoms with Crippen molar-refractivity contribution < 1.29 is 9.53 Å². The van der Waals surface area contributed by atoms with Gasteiger partial charge in [-0.15, -0.1) is 11.3 Å². The number of morpholine rings is 1. The van der Waals surface area contributed by atoms with E-state index in [0.717, 1.165) is 34.9 Å². The zero-order valence-corrected chi connectivity index (χ0v) is 18.0. The first kappa shape index (κ1) is 20.6. The molecule has 3 aromatic rings. The number of carbonyl (C=O) groups is 1. The fourth-order valence-electron chi connectivity index (χ4n) is 3.83. The lowest BCUT2D eigenvalue weighted by Gasteiger charge is -2.34. The van der Waals surface area contributed by atoms with E-state index in [1.165, 1.54) is 0 Å². The topological polar surface area (TPSA) is 85.2 Å². The summed E-state index contributed by atoms with van der Waals surface area (Å²) >= 11 is 1.65. The molecule has 0 spiro atoms. The molecule has 2 atom stereocenters. The number of nitrogens with one attached hydrogen (secondary N) is 1. The van der Waals surface area contributed by atoms with Gasteiger partial charge in [-0.2, -0.15) is 5.10 Å². The van der Waals surface area contributed by atoms with Crippen molar-refractivity contribution in [3.8, 4) is 21.8 Å². The molecule has 158 valence electrons. The van der Waals surface area contributed by atoms with Crippen LogP contribution in [0.25, 0.3) is 21.8 Å². The molecule has 1 aliphatic heterocycles. The third kappa shape index (κ3) is 4.92. The van der Waals surface area contributed by atoms with E-state index in [1.807, 2.05) is 36.2 Å². The molecular weight excluding hydrogens is 400 g/mol. The summed E-state index contributed by atoms with van der Waals surface area (Å²) < 4.78 is 7.66. The number of amides is 1. The highest BCUT2D eigenvalue weighted by Gasteiger charge is 2.23. The number of hydrogen-bond acceptors (Lipinski definition) is 7. The van der Waals surface area contributed by atoms with E-state index in [1.54, 1.807) is 29.9 Å². The molecule has 4 rings (SSSR count). The maximum Gasteiger partial charge on any atom is 0.234 e. The highest BCUT2D eigenvalue weighted by molar-refractivity contribution is 7.13. The molecule has 1 fully saturated rings. The van der Waals surface area contributed by atoms with E-state index < -0.39 is 0 Å². The van der Waals surface area contributed by atoms with Crippen LogP contribution in [0.15, 0.2) is 42.3 Å². The summed E-state index contributed by atoms with van der Waals surface area (Å²) in [6.07, 6.45) is 7.20. The average Bonchev–Trinajstić information content (AvgIpc) is 3.37. The lowest BCUT2D eigenvalue weighted by Crippen LogP contribution is -2.49. The summed E-state index contributed by atoms with van der Waals surface area (Å²) in [5.41, 5.74) is 2.72. The number of rotatable bonds is 7. The van der Waals surface area contributed by atoms with Gasteiger partial charge in [-0.3, -0.25) is 24.3 Å². The van der Waals surface area contributed by atoms with E-state index in [-0.39, 0.29) is 18.1 Å². The fraction of sp³-hybridized carbons (Fsp3) is 0.429. The van der Waals surface area contributed by atoms with Gasteiger partial charge in [-0.25, -0.2) is 0 Å². The Morgan fingerprint density at radius 1 is 1.27 bits per heavy atom. The van der Waals surface area contributed by atoms with E-state index in [9.17, 15) is 4.79 Å². The fourth-order valence-corrected chi connectivity index (χ4v) is 4.62. The Hall–Kier alpha value is -2.62. The van der Waals surface area contributed by atoms with Crippen LogP contribution in [0.1, 0.15) is 13.8 Å². The Balaban J connectivity index is 1.40. The second kappa shape index (κ2) is 9.46. The Morgan fingerprint density at radius 2 is 2.10 bits per heavy atom. The number of thiophene rings is 1. The van der Waals surface area contributed by atoms with Gasteiger partial charge < -0.3 is 10.1 Å². The summed E-state index contributed by atoms with van der Waals surface area (Å²) in [5, 5.41) is 9.62. The third-order valence-corrected chi connectivity index (χ3v) is 5.82. The second-order valence-corrected chi connectivity index (χ2v) is 8.45. The van der Waals surface area contributed by atoms with Crippen molar-refractivity contribution in [3.63, 3.8) is 0 Å². The highest BCUT2D eigenvalue weighted by atomic mass is 32.1. The van der Waals surface area contributed by atoms with Gasteiger partial charge in [0, 0.05) is 37.6 Å². The second-order valence-electron chi connectivity index (χ2n) is 7.50. The first-order valence-electron chi connectivity index (χ1n) is 10.1. The van der Waals surface area contributed by atoms with Gasteiger partial charge in [0.25, 0.3) is 0 Å². The third-order valence-electron chi connectivity index (χ3n) is 4.94. The SMILES string of the molecule is CC1CN(CC(=O)NCCn2ncc(-c3cnccn3)c2-c2cccs2)CC(C)O1. The molecule has 9 heteroatoms. The van der Waals surface area contributed by atoms with Gasteiger partial charge in [-0.05, 0) is 25.3 Å². The normalized spacial score (nSPS) is 19.7.